The predicted octanol–water partition coefficient (Wildman–Crippen LogP) is 12.5. The number of phenolic OH excluding ortho intramolecular Hbond substituents is 1. The van der Waals surface area contributed by atoms with Gasteiger partial charge in [0, 0.05) is 39.2 Å². The number of furan rings is 1. The zero-order chi connectivity index (χ0) is 36.4. The molecule has 0 amide bonds. The average Bonchev–Trinajstić information content (AvgIpc) is 3.81. The van der Waals surface area contributed by atoms with E-state index in [-0.39, 0.29) is 11.2 Å². The molecule has 0 bridgehead atoms. The molecule has 5 nitrogen and oxygen atoms in total. The molecule has 0 aliphatic carbocycles. The highest BCUT2D eigenvalue weighted by Gasteiger charge is 2.27. The molecule has 54 heavy (non-hydrogen) atoms. The third-order valence-electron chi connectivity index (χ3n) is 10.9. The highest BCUT2D eigenvalue weighted by molar-refractivity contribution is 6.18. The van der Waals surface area contributed by atoms with Crippen molar-refractivity contribution in [3.05, 3.63) is 181 Å². The van der Waals surface area contributed by atoms with Crippen LogP contribution >= 0.6 is 0 Å². The molecule has 0 atom stereocenters. The quantitative estimate of drug-likeness (QED) is 0.188. The standard InChI is InChI=1S/C49H35N3O2/c1-49(2,34-15-5-3-6-16-34)35-29-32(28-33(30-35)45-44-40-25-24-31-14-9-10-19-38(31)47(40)54-43(44)26-27-50-45)37-21-13-22-41-46(37)51-48(39-20-11-12-23-42(39)53)52(41)36-17-7-4-8-18-36/h3-30,53H,1-2H3. The molecule has 5 heteroatoms. The Morgan fingerprint density at radius 1 is 0.611 bits per heavy atom. The molecule has 1 N–H and O–H groups in total. The Morgan fingerprint density at radius 3 is 2.17 bits per heavy atom. The van der Waals surface area contributed by atoms with E-state index in [1.807, 2.05) is 48.7 Å². The predicted molar refractivity (Wildman–Crippen MR) is 220 cm³/mol. The van der Waals surface area contributed by atoms with Gasteiger partial charge in [-0.25, -0.2) is 4.98 Å². The van der Waals surface area contributed by atoms with Gasteiger partial charge in [-0.15, -0.1) is 0 Å². The number of imidazole rings is 1. The van der Waals surface area contributed by atoms with E-state index in [2.05, 4.69) is 134 Å². The summed E-state index contributed by atoms with van der Waals surface area (Å²) in [7, 11) is 0. The second kappa shape index (κ2) is 12.3. The van der Waals surface area contributed by atoms with Gasteiger partial charge in [0.15, 0.2) is 0 Å². The van der Waals surface area contributed by atoms with Gasteiger partial charge in [-0.3, -0.25) is 9.55 Å². The SMILES string of the molecule is CC(C)(c1ccccc1)c1cc(-c2cccc3c2nc(-c2ccccc2O)n3-c2ccccc2)cc(-c2nccc3oc4c5ccccc5ccc4c23)c1. The van der Waals surface area contributed by atoms with E-state index < -0.39 is 0 Å². The Bertz CT molecular complexity index is 3030. The van der Waals surface area contributed by atoms with Gasteiger partial charge in [-0.1, -0.05) is 123 Å². The van der Waals surface area contributed by atoms with Crippen LogP contribution in [-0.4, -0.2) is 19.6 Å². The number of rotatable bonds is 6. The van der Waals surface area contributed by atoms with E-state index >= 15 is 0 Å². The fraction of sp³-hybridized carbons (Fsp3) is 0.0612. The molecule has 0 saturated heterocycles. The van der Waals surface area contributed by atoms with E-state index in [0.29, 0.717) is 11.4 Å². The molecule has 3 aromatic heterocycles. The van der Waals surface area contributed by atoms with Crippen LogP contribution in [0.15, 0.2) is 174 Å². The lowest BCUT2D eigenvalue weighted by atomic mass is 9.76. The van der Waals surface area contributed by atoms with Gasteiger partial charge in [-0.05, 0) is 76.7 Å². The Morgan fingerprint density at radius 2 is 1.33 bits per heavy atom. The maximum atomic E-state index is 11.1. The van der Waals surface area contributed by atoms with E-state index in [1.165, 1.54) is 5.56 Å². The molecule has 0 aliphatic heterocycles. The summed E-state index contributed by atoms with van der Waals surface area (Å²) < 4.78 is 8.74. The Hall–Kier alpha value is -6.98. The molecule has 10 aromatic rings. The van der Waals surface area contributed by atoms with Gasteiger partial charge in [0.2, 0.25) is 0 Å². The van der Waals surface area contributed by atoms with Gasteiger partial charge in [0.25, 0.3) is 0 Å². The molecule has 0 saturated carbocycles. The number of nitrogens with zero attached hydrogens (tertiary/aromatic N) is 3. The number of aromatic hydroxyl groups is 1. The van der Waals surface area contributed by atoms with E-state index in [9.17, 15) is 5.11 Å². The molecule has 258 valence electrons. The monoisotopic (exact) mass is 697 g/mol. The minimum Gasteiger partial charge on any atom is -0.507 e. The number of hydrogen-bond acceptors (Lipinski definition) is 4. The molecule has 0 fully saturated rings. The van der Waals surface area contributed by atoms with Crippen molar-refractivity contribution in [1.29, 1.82) is 0 Å². The minimum atomic E-state index is -0.340. The van der Waals surface area contributed by atoms with Crippen molar-refractivity contribution in [2.24, 2.45) is 0 Å². The van der Waals surface area contributed by atoms with Crippen LogP contribution in [0.1, 0.15) is 25.0 Å². The Kier molecular flexibility index (Phi) is 7.24. The summed E-state index contributed by atoms with van der Waals surface area (Å²) in [5, 5.41) is 15.3. The van der Waals surface area contributed by atoms with Crippen molar-refractivity contribution in [2.45, 2.75) is 19.3 Å². The van der Waals surface area contributed by atoms with Gasteiger partial charge in [0.05, 0.1) is 27.7 Å². The Labute approximate surface area is 312 Å². The summed E-state index contributed by atoms with van der Waals surface area (Å²) in [5.41, 5.74) is 11.0. The topological polar surface area (TPSA) is 64.1 Å². The summed E-state index contributed by atoms with van der Waals surface area (Å²) in [4.78, 5) is 10.4. The highest BCUT2D eigenvalue weighted by Crippen LogP contribution is 2.44. The van der Waals surface area contributed by atoms with Crippen molar-refractivity contribution in [2.75, 3.05) is 0 Å². The largest absolute Gasteiger partial charge is 0.507 e. The number of para-hydroxylation sites is 3. The first kappa shape index (κ1) is 31.7. The van der Waals surface area contributed by atoms with E-state index in [0.717, 1.165) is 77.4 Å². The van der Waals surface area contributed by atoms with Crippen LogP contribution in [-0.2, 0) is 5.41 Å². The first-order valence-electron chi connectivity index (χ1n) is 18.2. The van der Waals surface area contributed by atoms with Crippen LogP contribution in [0.4, 0.5) is 0 Å². The lowest BCUT2D eigenvalue weighted by molar-refractivity contribution is 0.477. The first-order chi connectivity index (χ1) is 26.5. The normalized spacial score (nSPS) is 12.0. The molecule has 0 unspecified atom stereocenters. The van der Waals surface area contributed by atoms with Crippen molar-refractivity contribution in [3.63, 3.8) is 0 Å². The second-order valence-electron chi connectivity index (χ2n) is 14.4. The van der Waals surface area contributed by atoms with E-state index in [1.54, 1.807) is 6.07 Å². The zero-order valence-corrected chi connectivity index (χ0v) is 29.9. The molecule has 3 heterocycles. The molecule has 7 aromatic carbocycles. The number of benzene rings is 7. The van der Waals surface area contributed by atoms with Crippen LogP contribution in [0, 0.1) is 0 Å². The Balaban J connectivity index is 1.26. The zero-order valence-electron chi connectivity index (χ0n) is 29.9. The summed E-state index contributed by atoms with van der Waals surface area (Å²) in [5.74, 6) is 0.853. The van der Waals surface area contributed by atoms with Crippen molar-refractivity contribution in [1.82, 2.24) is 14.5 Å². The van der Waals surface area contributed by atoms with E-state index in [4.69, 9.17) is 14.4 Å². The molecular formula is C49H35N3O2. The first-order valence-corrected chi connectivity index (χ1v) is 18.2. The maximum Gasteiger partial charge on any atom is 0.149 e. The number of hydrogen-bond donors (Lipinski definition) is 1. The summed E-state index contributed by atoms with van der Waals surface area (Å²) >= 11 is 0. The highest BCUT2D eigenvalue weighted by atomic mass is 16.3. The minimum absolute atomic E-state index is 0.180. The molecular weight excluding hydrogens is 663 g/mol. The van der Waals surface area contributed by atoms with Crippen molar-refractivity contribution in [3.8, 4) is 45.2 Å². The lowest BCUT2D eigenvalue weighted by Crippen LogP contribution is -2.19. The van der Waals surface area contributed by atoms with Crippen molar-refractivity contribution >= 4 is 43.7 Å². The molecule has 0 spiro atoms. The fourth-order valence-corrected chi connectivity index (χ4v) is 7.98. The molecule has 0 aliphatic rings. The third-order valence-corrected chi connectivity index (χ3v) is 10.9. The number of phenols is 1. The van der Waals surface area contributed by atoms with Gasteiger partial charge < -0.3 is 9.52 Å². The van der Waals surface area contributed by atoms with Crippen LogP contribution in [0.3, 0.4) is 0 Å². The summed E-state index contributed by atoms with van der Waals surface area (Å²) in [6.45, 7) is 4.55. The lowest BCUT2D eigenvalue weighted by Gasteiger charge is -2.27. The van der Waals surface area contributed by atoms with Gasteiger partial charge in [0.1, 0.15) is 22.7 Å². The van der Waals surface area contributed by atoms with Crippen LogP contribution < -0.4 is 0 Å². The summed E-state index contributed by atoms with van der Waals surface area (Å²) in [6, 6.07) is 56.0. The smallest absolute Gasteiger partial charge is 0.149 e. The average molecular weight is 698 g/mol. The van der Waals surface area contributed by atoms with Crippen LogP contribution in [0.25, 0.3) is 83.2 Å². The van der Waals surface area contributed by atoms with Gasteiger partial charge >= 0.3 is 0 Å². The number of aromatic nitrogens is 3. The second-order valence-corrected chi connectivity index (χ2v) is 14.4. The maximum absolute atomic E-state index is 11.1. The molecule has 10 rings (SSSR count). The van der Waals surface area contributed by atoms with Crippen LogP contribution in [0.5, 0.6) is 5.75 Å². The van der Waals surface area contributed by atoms with Crippen molar-refractivity contribution < 1.29 is 9.52 Å². The molecule has 0 radical (unpaired) electrons. The number of pyridine rings is 1. The van der Waals surface area contributed by atoms with Gasteiger partial charge in [-0.2, -0.15) is 0 Å². The number of fused-ring (bicyclic) bond motifs is 6. The summed E-state index contributed by atoms with van der Waals surface area (Å²) in [6.07, 6.45) is 1.85. The fourth-order valence-electron chi connectivity index (χ4n) is 7.98. The van der Waals surface area contributed by atoms with Crippen LogP contribution in [0.2, 0.25) is 0 Å². The third kappa shape index (κ3) is 5.01.